The fourth-order valence-electron chi connectivity index (χ4n) is 2.22. The SMILES string of the molecule is CCCn1cc(Oc2cc(CCl)nc3ccccc23)cn1. The van der Waals surface area contributed by atoms with Gasteiger partial charge in [-0.2, -0.15) is 5.10 Å². The van der Waals surface area contributed by atoms with Crippen molar-refractivity contribution in [3.05, 3.63) is 48.4 Å². The van der Waals surface area contributed by atoms with Crippen molar-refractivity contribution in [3.63, 3.8) is 0 Å². The summed E-state index contributed by atoms with van der Waals surface area (Å²) >= 11 is 5.91. The number of nitrogens with zero attached hydrogens (tertiary/aromatic N) is 3. The molecule has 108 valence electrons. The summed E-state index contributed by atoms with van der Waals surface area (Å²) in [6.07, 6.45) is 4.67. The highest BCUT2D eigenvalue weighted by molar-refractivity contribution is 6.17. The molecule has 0 aliphatic rings. The molecule has 3 rings (SSSR count). The Morgan fingerprint density at radius 1 is 1.29 bits per heavy atom. The molecule has 0 spiro atoms. The largest absolute Gasteiger partial charge is 0.453 e. The van der Waals surface area contributed by atoms with E-state index in [-0.39, 0.29) is 0 Å². The van der Waals surface area contributed by atoms with E-state index in [4.69, 9.17) is 16.3 Å². The first kappa shape index (κ1) is 13.9. The van der Waals surface area contributed by atoms with Gasteiger partial charge in [-0.1, -0.05) is 19.1 Å². The number of ether oxygens (including phenoxy) is 1. The molecule has 0 unspecified atom stereocenters. The van der Waals surface area contributed by atoms with Crippen LogP contribution in [-0.4, -0.2) is 14.8 Å². The molecule has 3 aromatic rings. The van der Waals surface area contributed by atoms with Crippen LogP contribution in [0, 0.1) is 0 Å². The Hall–Kier alpha value is -2.07. The average molecular weight is 302 g/mol. The number of hydrogen-bond donors (Lipinski definition) is 0. The lowest BCUT2D eigenvalue weighted by molar-refractivity contribution is 0.485. The van der Waals surface area contributed by atoms with Crippen LogP contribution in [0.1, 0.15) is 19.0 Å². The van der Waals surface area contributed by atoms with Gasteiger partial charge in [0.15, 0.2) is 5.75 Å². The number of fused-ring (bicyclic) bond motifs is 1. The lowest BCUT2D eigenvalue weighted by atomic mass is 10.2. The number of alkyl halides is 1. The van der Waals surface area contributed by atoms with E-state index >= 15 is 0 Å². The zero-order valence-corrected chi connectivity index (χ0v) is 12.5. The zero-order valence-electron chi connectivity index (χ0n) is 11.8. The molecule has 0 saturated carbocycles. The molecule has 0 fully saturated rings. The van der Waals surface area contributed by atoms with Crippen LogP contribution in [0.25, 0.3) is 10.9 Å². The van der Waals surface area contributed by atoms with Crippen molar-refractivity contribution >= 4 is 22.5 Å². The summed E-state index contributed by atoms with van der Waals surface area (Å²) in [6.45, 7) is 3.00. The molecule has 0 N–H and O–H groups in total. The van der Waals surface area contributed by atoms with Crippen LogP contribution >= 0.6 is 11.6 Å². The van der Waals surface area contributed by atoms with Crippen molar-refractivity contribution in [2.75, 3.05) is 0 Å². The van der Waals surface area contributed by atoms with Crippen molar-refractivity contribution in [1.29, 1.82) is 0 Å². The second-order valence-electron chi connectivity index (χ2n) is 4.80. The minimum atomic E-state index is 0.357. The van der Waals surface area contributed by atoms with Crippen molar-refractivity contribution in [3.8, 4) is 11.5 Å². The smallest absolute Gasteiger partial charge is 0.165 e. The van der Waals surface area contributed by atoms with Crippen molar-refractivity contribution < 1.29 is 4.74 Å². The molecule has 1 aromatic carbocycles. The predicted octanol–water partition coefficient (Wildman–Crippen LogP) is 4.37. The van der Waals surface area contributed by atoms with Crippen LogP contribution in [0.5, 0.6) is 11.5 Å². The first-order valence-electron chi connectivity index (χ1n) is 6.95. The second-order valence-corrected chi connectivity index (χ2v) is 5.07. The van der Waals surface area contributed by atoms with Crippen molar-refractivity contribution in [2.45, 2.75) is 25.8 Å². The van der Waals surface area contributed by atoms with Crippen LogP contribution in [0.4, 0.5) is 0 Å². The molecule has 4 nitrogen and oxygen atoms in total. The van der Waals surface area contributed by atoms with E-state index < -0.39 is 0 Å². The molecule has 0 amide bonds. The van der Waals surface area contributed by atoms with Crippen molar-refractivity contribution in [2.24, 2.45) is 0 Å². The highest BCUT2D eigenvalue weighted by Crippen LogP contribution is 2.30. The topological polar surface area (TPSA) is 39.9 Å². The van der Waals surface area contributed by atoms with Gasteiger partial charge in [0.2, 0.25) is 0 Å². The van der Waals surface area contributed by atoms with Gasteiger partial charge in [0.05, 0.1) is 29.5 Å². The van der Waals surface area contributed by atoms with Crippen LogP contribution in [0.15, 0.2) is 42.7 Å². The fraction of sp³-hybridized carbons (Fsp3) is 0.250. The monoisotopic (exact) mass is 301 g/mol. The molecule has 21 heavy (non-hydrogen) atoms. The van der Waals surface area contributed by atoms with Gasteiger partial charge in [-0.25, -0.2) is 0 Å². The van der Waals surface area contributed by atoms with E-state index in [2.05, 4.69) is 17.0 Å². The summed E-state index contributed by atoms with van der Waals surface area (Å²) in [6, 6.07) is 9.76. The van der Waals surface area contributed by atoms with E-state index in [1.165, 1.54) is 0 Å². The molecule has 0 radical (unpaired) electrons. The minimum absolute atomic E-state index is 0.357. The number of pyridine rings is 1. The van der Waals surface area contributed by atoms with Gasteiger partial charge in [0, 0.05) is 18.0 Å². The Morgan fingerprint density at radius 3 is 2.95 bits per heavy atom. The van der Waals surface area contributed by atoms with E-state index in [1.807, 2.05) is 41.2 Å². The number of para-hydroxylation sites is 1. The number of hydrogen-bond acceptors (Lipinski definition) is 3. The Kier molecular flexibility index (Phi) is 4.06. The molecule has 0 aliphatic carbocycles. The maximum Gasteiger partial charge on any atom is 0.165 e. The molecule has 2 aromatic heterocycles. The summed E-state index contributed by atoms with van der Waals surface area (Å²) in [5.74, 6) is 1.84. The Morgan fingerprint density at radius 2 is 2.14 bits per heavy atom. The van der Waals surface area contributed by atoms with Crippen LogP contribution < -0.4 is 4.74 Å². The molecule has 0 aliphatic heterocycles. The van der Waals surface area contributed by atoms with Gasteiger partial charge in [0.25, 0.3) is 0 Å². The Balaban J connectivity index is 1.98. The van der Waals surface area contributed by atoms with E-state index in [1.54, 1.807) is 6.20 Å². The summed E-state index contributed by atoms with van der Waals surface area (Å²) in [7, 11) is 0. The van der Waals surface area contributed by atoms with Gasteiger partial charge in [-0.05, 0) is 18.6 Å². The highest BCUT2D eigenvalue weighted by atomic mass is 35.5. The van der Waals surface area contributed by atoms with Gasteiger partial charge >= 0.3 is 0 Å². The highest BCUT2D eigenvalue weighted by Gasteiger charge is 2.08. The maximum atomic E-state index is 5.98. The average Bonchev–Trinajstić information content (AvgIpc) is 2.94. The molecule has 0 atom stereocenters. The summed E-state index contributed by atoms with van der Waals surface area (Å²) in [4.78, 5) is 4.50. The molecule has 0 saturated heterocycles. The number of benzene rings is 1. The summed E-state index contributed by atoms with van der Waals surface area (Å²) in [5, 5.41) is 5.24. The van der Waals surface area contributed by atoms with Crippen LogP contribution in [-0.2, 0) is 12.4 Å². The summed E-state index contributed by atoms with van der Waals surface area (Å²) < 4.78 is 7.86. The number of rotatable bonds is 5. The standard InChI is InChI=1S/C16H16ClN3O/c1-2-7-20-11-13(10-18-20)21-16-8-12(9-17)19-15-6-4-3-5-14(15)16/h3-6,8,10-11H,2,7,9H2,1H3. The number of aryl methyl sites for hydroxylation is 1. The summed E-state index contributed by atoms with van der Waals surface area (Å²) in [5.41, 5.74) is 1.68. The predicted molar refractivity (Wildman–Crippen MR) is 83.9 cm³/mol. The van der Waals surface area contributed by atoms with Crippen LogP contribution in [0.3, 0.4) is 0 Å². The number of aromatic nitrogens is 3. The van der Waals surface area contributed by atoms with Gasteiger partial charge in [0.1, 0.15) is 5.75 Å². The zero-order chi connectivity index (χ0) is 14.7. The quantitative estimate of drug-likeness (QED) is 0.657. The molecular weight excluding hydrogens is 286 g/mol. The molecule has 2 heterocycles. The normalized spacial score (nSPS) is 11.0. The third-order valence-corrected chi connectivity index (χ3v) is 3.43. The lowest BCUT2D eigenvalue weighted by Crippen LogP contribution is -1.95. The van der Waals surface area contributed by atoms with Gasteiger partial charge in [-0.3, -0.25) is 9.67 Å². The third-order valence-electron chi connectivity index (χ3n) is 3.16. The number of halogens is 1. The first-order chi connectivity index (χ1) is 10.3. The minimum Gasteiger partial charge on any atom is -0.453 e. The van der Waals surface area contributed by atoms with Crippen LogP contribution in [0.2, 0.25) is 0 Å². The molecule has 0 bridgehead atoms. The first-order valence-corrected chi connectivity index (χ1v) is 7.48. The van der Waals surface area contributed by atoms with E-state index in [9.17, 15) is 0 Å². The Labute approximate surface area is 128 Å². The fourth-order valence-corrected chi connectivity index (χ4v) is 2.36. The lowest BCUT2D eigenvalue weighted by Gasteiger charge is -2.08. The molecular formula is C16H16ClN3O. The van der Waals surface area contributed by atoms with Crippen molar-refractivity contribution in [1.82, 2.24) is 14.8 Å². The van der Waals surface area contributed by atoms with Gasteiger partial charge in [-0.15, -0.1) is 11.6 Å². The third kappa shape index (κ3) is 3.00. The second kappa shape index (κ2) is 6.14. The maximum absolute atomic E-state index is 5.98. The van der Waals surface area contributed by atoms with E-state index in [0.29, 0.717) is 5.88 Å². The van der Waals surface area contributed by atoms with E-state index in [0.717, 1.165) is 41.1 Å². The molecule has 5 heteroatoms. The van der Waals surface area contributed by atoms with Gasteiger partial charge < -0.3 is 4.74 Å². The Bertz CT molecular complexity index is 754.